The van der Waals surface area contributed by atoms with Crippen molar-refractivity contribution in [2.45, 2.75) is 26.1 Å². The topological polar surface area (TPSA) is 88.1 Å². The van der Waals surface area contributed by atoms with Crippen molar-refractivity contribution in [2.75, 3.05) is 18.4 Å². The zero-order valence-corrected chi connectivity index (χ0v) is 12.5. The van der Waals surface area contributed by atoms with Gasteiger partial charge in [-0.3, -0.25) is 4.79 Å². The number of hydrogen-bond acceptors (Lipinski definition) is 4. The molecule has 0 aliphatic carbocycles. The van der Waals surface area contributed by atoms with E-state index in [4.69, 9.17) is 14.6 Å². The molecule has 3 rings (SSSR count). The van der Waals surface area contributed by atoms with Gasteiger partial charge in [0.15, 0.2) is 11.5 Å². The molecule has 0 radical (unpaired) electrons. The number of carboxylic acid groups (broad SMARTS) is 1. The number of amides is 2. The summed E-state index contributed by atoms with van der Waals surface area (Å²) in [7, 11) is 0. The number of fused-ring (bicyclic) bond motifs is 1. The number of likely N-dealkylation sites (tertiary alicyclic amines) is 1. The molecule has 7 nitrogen and oxygen atoms in total. The lowest BCUT2D eigenvalue weighted by atomic mass is 10.1. The van der Waals surface area contributed by atoms with Crippen LogP contribution in [0.2, 0.25) is 0 Å². The predicted octanol–water partition coefficient (Wildman–Crippen LogP) is 2.13. The van der Waals surface area contributed by atoms with Gasteiger partial charge in [-0.2, -0.15) is 0 Å². The molecule has 1 aromatic carbocycles. The van der Waals surface area contributed by atoms with Crippen LogP contribution in [0.5, 0.6) is 11.5 Å². The van der Waals surface area contributed by atoms with Crippen LogP contribution < -0.4 is 14.8 Å². The summed E-state index contributed by atoms with van der Waals surface area (Å²) in [5.41, 5.74) is 0.587. The number of benzene rings is 1. The number of anilines is 1. The van der Waals surface area contributed by atoms with Gasteiger partial charge in [0.2, 0.25) is 5.79 Å². The van der Waals surface area contributed by atoms with E-state index in [1.807, 2.05) is 13.8 Å². The van der Waals surface area contributed by atoms with Gasteiger partial charge in [0.1, 0.15) is 0 Å². The van der Waals surface area contributed by atoms with E-state index in [-0.39, 0.29) is 12.6 Å². The molecule has 2 amide bonds. The Hall–Kier alpha value is -2.44. The summed E-state index contributed by atoms with van der Waals surface area (Å²) in [6.45, 7) is 4.29. The molecule has 0 saturated carbocycles. The molecule has 7 heteroatoms. The van der Waals surface area contributed by atoms with Gasteiger partial charge >= 0.3 is 12.0 Å². The number of hydrogen-bond donors (Lipinski definition) is 2. The summed E-state index contributed by atoms with van der Waals surface area (Å²) in [4.78, 5) is 24.6. The first-order chi connectivity index (χ1) is 10.3. The molecular weight excluding hydrogens is 288 g/mol. The van der Waals surface area contributed by atoms with Crippen LogP contribution in [-0.4, -0.2) is 40.9 Å². The van der Waals surface area contributed by atoms with E-state index >= 15 is 0 Å². The standard InChI is InChI=1S/C15H18N2O5/c1-15(2)21-11-4-3-10(7-12(11)22-15)16-14(20)17-6-5-9(8-17)13(18)19/h3-4,7,9H,5-6,8H2,1-2H3,(H,16,20)(H,18,19). The van der Waals surface area contributed by atoms with Gasteiger partial charge in [0.25, 0.3) is 0 Å². The molecule has 22 heavy (non-hydrogen) atoms. The van der Waals surface area contributed by atoms with Crippen molar-refractivity contribution >= 4 is 17.7 Å². The van der Waals surface area contributed by atoms with Crippen molar-refractivity contribution < 1.29 is 24.2 Å². The highest BCUT2D eigenvalue weighted by Gasteiger charge is 2.33. The Kier molecular flexibility index (Phi) is 3.35. The van der Waals surface area contributed by atoms with E-state index < -0.39 is 17.7 Å². The third-order valence-electron chi connectivity index (χ3n) is 3.73. The first kappa shape index (κ1) is 14.5. The van der Waals surface area contributed by atoms with Crippen molar-refractivity contribution in [1.82, 2.24) is 4.90 Å². The van der Waals surface area contributed by atoms with Crippen LogP contribution in [-0.2, 0) is 4.79 Å². The first-order valence-electron chi connectivity index (χ1n) is 7.15. The summed E-state index contributed by atoms with van der Waals surface area (Å²) < 4.78 is 11.2. The van der Waals surface area contributed by atoms with Gasteiger partial charge in [0, 0.05) is 38.7 Å². The highest BCUT2D eigenvalue weighted by atomic mass is 16.7. The van der Waals surface area contributed by atoms with Crippen LogP contribution in [0.3, 0.4) is 0 Å². The van der Waals surface area contributed by atoms with E-state index in [1.54, 1.807) is 18.2 Å². The molecule has 1 saturated heterocycles. The maximum Gasteiger partial charge on any atom is 0.321 e. The second kappa shape index (κ2) is 5.08. The Balaban J connectivity index is 1.65. The van der Waals surface area contributed by atoms with Gasteiger partial charge < -0.3 is 24.8 Å². The average molecular weight is 306 g/mol. The fourth-order valence-electron chi connectivity index (χ4n) is 2.65. The molecule has 118 valence electrons. The summed E-state index contributed by atoms with van der Waals surface area (Å²) in [6, 6.07) is 4.87. The van der Waals surface area contributed by atoms with Gasteiger partial charge in [-0.25, -0.2) is 4.79 Å². The van der Waals surface area contributed by atoms with E-state index in [0.717, 1.165) is 0 Å². The van der Waals surface area contributed by atoms with Crippen LogP contribution in [0.1, 0.15) is 20.3 Å². The maximum atomic E-state index is 12.2. The monoisotopic (exact) mass is 306 g/mol. The number of carbonyl (C=O) groups excluding carboxylic acids is 1. The quantitative estimate of drug-likeness (QED) is 0.874. The van der Waals surface area contributed by atoms with Gasteiger partial charge in [-0.15, -0.1) is 0 Å². The van der Waals surface area contributed by atoms with Crippen LogP contribution in [0.4, 0.5) is 10.5 Å². The Morgan fingerprint density at radius 1 is 1.32 bits per heavy atom. The molecule has 1 fully saturated rings. The summed E-state index contributed by atoms with van der Waals surface area (Å²) >= 11 is 0. The molecular formula is C15H18N2O5. The van der Waals surface area contributed by atoms with E-state index in [9.17, 15) is 9.59 Å². The molecule has 1 atom stereocenters. The number of carbonyl (C=O) groups is 2. The van der Waals surface area contributed by atoms with Crippen molar-refractivity contribution in [1.29, 1.82) is 0 Å². The van der Waals surface area contributed by atoms with Crippen molar-refractivity contribution in [3.63, 3.8) is 0 Å². The number of nitrogens with zero attached hydrogens (tertiary/aromatic N) is 1. The Morgan fingerprint density at radius 3 is 2.73 bits per heavy atom. The van der Waals surface area contributed by atoms with E-state index in [2.05, 4.69) is 5.32 Å². The lowest BCUT2D eigenvalue weighted by molar-refractivity contribution is -0.141. The predicted molar refractivity (Wildman–Crippen MR) is 78.1 cm³/mol. The third kappa shape index (κ3) is 2.79. The minimum absolute atomic E-state index is 0.235. The van der Waals surface area contributed by atoms with Crippen LogP contribution in [0, 0.1) is 5.92 Å². The largest absolute Gasteiger partial charge is 0.481 e. The minimum Gasteiger partial charge on any atom is -0.481 e. The fraction of sp³-hybridized carbons (Fsp3) is 0.467. The molecule has 2 aliphatic heterocycles. The van der Waals surface area contributed by atoms with Crippen molar-refractivity contribution in [3.8, 4) is 11.5 Å². The second-order valence-electron chi connectivity index (χ2n) is 5.97. The fourth-order valence-corrected chi connectivity index (χ4v) is 2.65. The summed E-state index contributed by atoms with van der Waals surface area (Å²) in [6.07, 6.45) is 0.484. The molecule has 0 bridgehead atoms. The highest BCUT2D eigenvalue weighted by Crippen LogP contribution is 2.40. The lowest BCUT2D eigenvalue weighted by Gasteiger charge is -2.17. The number of nitrogens with one attached hydrogen (secondary N) is 1. The molecule has 1 aromatic rings. The van der Waals surface area contributed by atoms with Crippen LogP contribution in [0.15, 0.2) is 18.2 Å². The molecule has 0 spiro atoms. The average Bonchev–Trinajstić information content (AvgIpc) is 3.00. The van der Waals surface area contributed by atoms with Crippen molar-refractivity contribution in [3.05, 3.63) is 18.2 Å². The molecule has 1 unspecified atom stereocenters. The van der Waals surface area contributed by atoms with Crippen molar-refractivity contribution in [2.24, 2.45) is 5.92 Å². The maximum absolute atomic E-state index is 12.2. The third-order valence-corrected chi connectivity index (χ3v) is 3.73. The first-order valence-corrected chi connectivity index (χ1v) is 7.15. The number of ether oxygens (including phenoxy) is 2. The number of urea groups is 1. The number of carboxylic acids is 1. The van der Waals surface area contributed by atoms with Crippen LogP contribution in [0.25, 0.3) is 0 Å². The Labute approximate surface area is 127 Å². The number of rotatable bonds is 2. The normalized spacial score (nSPS) is 21.7. The Morgan fingerprint density at radius 2 is 2.05 bits per heavy atom. The Bertz CT molecular complexity index is 628. The summed E-state index contributed by atoms with van der Waals surface area (Å²) in [5.74, 6) is -0.846. The zero-order chi connectivity index (χ0) is 15.9. The van der Waals surface area contributed by atoms with Gasteiger partial charge in [-0.05, 0) is 18.6 Å². The molecule has 2 heterocycles. The summed E-state index contributed by atoms with van der Waals surface area (Å²) in [5, 5.41) is 11.7. The van der Waals surface area contributed by atoms with Gasteiger partial charge in [-0.1, -0.05) is 0 Å². The number of aliphatic carboxylic acids is 1. The van der Waals surface area contributed by atoms with Gasteiger partial charge in [0.05, 0.1) is 5.92 Å². The van der Waals surface area contributed by atoms with E-state index in [0.29, 0.717) is 30.2 Å². The zero-order valence-electron chi connectivity index (χ0n) is 12.5. The van der Waals surface area contributed by atoms with Crippen LogP contribution >= 0.6 is 0 Å². The smallest absolute Gasteiger partial charge is 0.321 e. The molecule has 0 aromatic heterocycles. The highest BCUT2D eigenvalue weighted by molar-refractivity contribution is 5.90. The van der Waals surface area contributed by atoms with E-state index in [1.165, 1.54) is 4.90 Å². The minimum atomic E-state index is -0.861. The SMILES string of the molecule is CC1(C)Oc2ccc(NC(=O)N3CCC(C(=O)O)C3)cc2O1. The molecule has 2 N–H and O–H groups in total. The second-order valence-corrected chi connectivity index (χ2v) is 5.97. The molecule has 2 aliphatic rings. The lowest BCUT2D eigenvalue weighted by Crippen LogP contribution is -2.33.